The van der Waals surface area contributed by atoms with Gasteiger partial charge in [-0.05, 0) is 64.2 Å². The average molecular weight is 1160 g/mol. The molecule has 0 aromatic heterocycles. The van der Waals surface area contributed by atoms with Gasteiger partial charge in [-0.1, -0.05) is 331 Å². The summed E-state index contributed by atoms with van der Waals surface area (Å²) in [5, 5.41) is 14.2. The van der Waals surface area contributed by atoms with Crippen molar-refractivity contribution in [2.45, 2.75) is 341 Å². The molecule has 0 heterocycles. The van der Waals surface area contributed by atoms with Crippen LogP contribution in [0.25, 0.3) is 0 Å². The van der Waals surface area contributed by atoms with Gasteiger partial charge in [0.05, 0.1) is 39.9 Å². The summed E-state index contributed by atoms with van der Waals surface area (Å²) in [6, 6.07) is -0.767. The van der Waals surface area contributed by atoms with Crippen molar-refractivity contribution in [2.24, 2.45) is 0 Å². The van der Waals surface area contributed by atoms with Crippen LogP contribution in [-0.2, 0) is 18.4 Å². The lowest BCUT2D eigenvalue weighted by Crippen LogP contribution is -2.46. The number of likely N-dealkylation sites (N-methyl/N-ethyl adjacent to an activating group) is 1. The Labute approximate surface area is 504 Å². The largest absolute Gasteiger partial charge is 0.472 e. The Morgan fingerprint density at radius 2 is 0.741 bits per heavy atom. The van der Waals surface area contributed by atoms with Gasteiger partial charge < -0.3 is 19.8 Å². The lowest BCUT2D eigenvalue weighted by Gasteiger charge is -2.26. The summed E-state index contributed by atoms with van der Waals surface area (Å²) in [5.74, 6) is -0.144. The van der Waals surface area contributed by atoms with Crippen LogP contribution in [0.15, 0.2) is 72.9 Å². The fourth-order valence-electron chi connectivity index (χ4n) is 10.3. The van der Waals surface area contributed by atoms with Crippen LogP contribution >= 0.6 is 7.82 Å². The molecule has 0 bridgehead atoms. The molecule has 3 atom stereocenters. The van der Waals surface area contributed by atoms with Gasteiger partial charge in [-0.2, -0.15) is 0 Å². The zero-order valence-electron chi connectivity index (χ0n) is 54.3. The Morgan fingerprint density at radius 3 is 1.09 bits per heavy atom. The smallest absolute Gasteiger partial charge is 0.391 e. The van der Waals surface area contributed by atoms with Crippen molar-refractivity contribution in [3.8, 4) is 0 Å². The van der Waals surface area contributed by atoms with Crippen LogP contribution in [0.1, 0.15) is 328 Å². The number of nitrogens with zero attached hydrogens (tertiary/aromatic N) is 1. The summed E-state index contributed by atoms with van der Waals surface area (Å²) in [7, 11) is 1.62. The standard InChI is InChI=1S/C72H135N2O6P/c1-6-8-10-12-14-16-18-20-22-24-26-28-30-32-34-36-37-38-40-42-44-46-48-50-52-54-56-58-60-62-64-66-72(76)73-70(69-80-81(77,78)79-68-67-74(3,4)5)71(75)65-63-61-59-57-55-53-51-49-47-45-43-41-39-35-33-31-29-27-25-23-21-19-17-15-13-11-9-7-2/h8,10,14,16,20,22,26,28,32,34,37-38,70-71,75H,6-7,9,11-13,15,17-19,21,23-25,27,29-31,33,35-36,39-69H2,1-5H3,(H-,73,76,77,78)/p+1/b10-8-,16-14-,22-20-,28-26-,34-32-,38-37-. The summed E-state index contributed by atoms with van der Waals surface area (Å²) in [4.78, 5) is 23.5. The van der Waals surface area contributed by atoms with E-state index in [0.717, 1.165) is 77.0 Å². The van der Waals surface area contributed by atoms with Crippen LogP contribution in [-0.4, -0.2) is 73.4 Å². The number of carbonyl (C=O) groups is 1. The number of quaternary nitrogens is 1. The molecule has 0 saturated heterocycles. The zero-order chi connectivity index (χ0) is 59.1. The highest BCUT2D eigenvalue weighted by molar-refractivity contribution is 7.47. The van der Waals surface area contributed by atoms with Gasteiger partial charge in [0.15, 0.2) is 0 Å². The molecule has 0 aromatic rings. The molecule has 0 radical (unpaired) electrons. The average Bonchev–Trinajstić information content (AvgIpc) is 3.43. The summed E-state index contributed by atoms with van der Waals surface area (Å²) in [6.07, 6.45) is 87.1. The molecule has 1 amide bonds. The van der Waals surface area contributed by atoms with E-state index in [1.165, 1.54) is 225 Å². The number of aliphatic hydroxyl groups is 1. The first-order valence-electron chi connectivity index (χ1n) is 34.8. The second-order valence-electron chi connectivity index (χ2n) is 24.9. The minimum absolute atomic E-state index is 0.0727. The molecule has 0 aliphatic heterocycles. The number of phosphoric ester groups is 1. The van der Waals surface area contributed by atoms with Crippen molar-refractivity contribution in [1.82, 2.24) is 5.32 Å². The molecule has 8 nitrogen and oxygen atoms in total. The van der Waals surface area contributed by atoms with Crippen LogP contribution in [0.3, 0.4) is 0 Å². The minimum atomic E-state index is -4.33. The molecular weight excluding hydrogens is 1020 g/mol. The van der Waals surface area contributed by atoms with Gasteiger partial charge >= 0.3 is 7.82 Å². The third-order valence-corrected chi connectivity index (χ3v) is 16.7. The van der Waals surface area contributed by atoms with E-state index >= 15 is 0 Å². The Kier molecular flexibility index (Phi) is 60.9. The van der Waals surface area contributed by atoms with Crippen molar-refractivity contribution in [3.63, 3.8) is 0 Å². The van der Waals surface area contributed by atoms with Gasteiger partial charge in [0.1, 0.15) is 13.2 Å². The van der Waals surface area contributed by atoms with Crippen molar-refractivity contribution >= 4 is 13.7 Å². The van der Waals surface area contributed by atoms with E-state index in [-0.39, 0.29) is 19.1 Å². The first-order valence-corrected chi connectivity index (χ1v) is 36.3. The summed E-state index contributed by atoms with van der Waals surface area (Å²) in [6.45, 7) is 4.81. The number of aliphatic hydroxyl groups excluding tert-OH is 1. The van der Waals surface area contributed by atoms with Crippen LogP contribution in [0, 0.1) is 0 Å². The fourth-order valence-corrected chi connectivity index (χ4v) is 11.1. The highest BCUT2D eigenvalue weighted by Gasteiger charge is 2.28. The van der Waals surface area contributed by atoms with Gasteiger partial charge in [0, 0.05) is 6.42 Å². The Balaban J connectivity index is 4.06. The third-order valence-electron chi connectivity index (χ3n) is 15.7. The van der Waals surface area contributed by atoms with Crippen LogP contribution in [0.5, 0.6) is 0 Å². The number of phosphoric acid groups is 1. The molecule has 0 rings (SSSR count). The van der Waals surface area contributed by atoms with Gasteiger partial charge in [-0.15, -0.1) is 0 Å². The normalized spacial score (nSPS) is 14.1. The maximum absolute atomic E-state index is 13.1. The lowest BCUT2D eigenvalue weighted by atomic mass is 10.0. The van der Waals surface area contributed by atoms with E-state index in [1.807, 2.05) is 21.1 Å². The van der Waals surface area contributed by atoms with Gasteiger partial charge in [-0.3, -0.25) is 13.8 Å². The number of hydrogen-bond donors (Lipinski definition) is 3. The van der Waals surface area contributed by atoms with Crippen molar-refractivity contribution in [3.05, 3.63) is 72.9 Å². The molecule has 9 heteroatoms. The molecule has 3 N–H and O–H groups in total. The third kappa shape index (κ3) is 65.3. The van der Waals surface area contributed by atoms with Crippen molar-refractivity contribution in [1.29, 1.82) is 0 Å². The van der Waals surface area contributed by atoms with E-state index in [4.69, 9.17) is 9.05 Å². The molecule has 3 unspecified atom stereocenters. The Bertz CT molecular complexity index is 1550. The monoisotopic (exact) mass is 1160 g/mol. The van der Waals surface area contributed by atoms with E-state index < -0.39 is 20.0 Å². The number of carbonyl (C=O) groups excluding carboxylic acids is 1. The predicted octanol–water partition coefficient (Wildman–Crippen LogP) is 22.2. The maximum atomic E-state index is 13.1. The number of hydrogen-bond acceptors (Lipinski definition) is 5. The topological polar surface area (TPSA) is 105 Å². The maximum Gasteiger partial charge on any atom is 0.472 e. The van der Waals surface area contributed by atoms with Crippen molar-refractivity contribution in [2.75, 3.05) is 40.9 Å². The van der Waals surface area contributed by atoms with Crippen LogP contribution < -0.4 is 5.32 Å². The molecule has 0 saturated carbocycles. The first kappa shape index (κ1) is 78.9. The molecule has 474 valence electrons. The highest BCUT2D eigenvalue weighted by Crippen LogP contribution is 2.43. The fraction of sp³-hybridized carbons (Fsp3) is 0.819. The molecule has 0 aliphatic rings. The number of allylic oxidation sites excluding steroid dienone is 12. The minimum Gasteiger partial charge on any atom is -0.391 e. The van der Waals surface area contributed by atoms with E-state index in [2.05, 4.69) is 92.1 Å². The molecule has 0 spiro atoms. The summed E-state index contributed by atoms with van der Waals surface area (Å²) < 4.78 is 23.9. The van der Waals surface area contributed by atoms with Gasteiger partial charge in [0.25, 0.3) is 0 Å². The molecule has 0 fully saturated rings. The molecule has 0 aliphatic carbocycles. The number of amides is 1. The highest BCUT2D eigenvalue weighted by atomic mass is 31.2. The summed E-state index contributed by atoms with van der Waals surface area (Å²) >= 11 is 0. The molecule has 0 aromatic carbocycles. The SMILES string of the molecule is CC/C=C\C/C=C\C/C=C\C/C=C\C/C=C\C/C=C\CCCCCCCCCCCCCCC(=O)NC(COP(=O)(O)OCC[N+](C)(C)C)C(O)CCCCCCCCCCCCCCCCCCCCCCCCCCCCCC. The number of unbranched alkanes of at least 4 members (excludes halogenated alkanes) is 39. The first-order chi connectivity index (χ1) is 39.5. The Hall–Kier alpha value is -2.06. The second kappa shape index (κ2) is 62.5. The van der Waals surface area contributed by atoms with E-state index in [1.54, 1.807) is 0 Å². The summed E-state index contributed by atoms with van der Waals surface area (Å²) in [5.41, 5.74) is 0. The molecule has 81 heavy (non-hydrogen) atoms. The lowest BCUT2D eigenvalue weighted by molar-refractivity contribution is -0.870. The van der Waals surface area contributed by atoms with Gasteiger partial charge in [-0.25, -0.2) is 4.57 Å². The van der Waals surface area contributed by atoms with Gasteiger partial charge in [0.2, 0.25) is 5.91 Å². The van der Waals surface area contributed by atoms with Crippen LogP contribution in [0.4, 0.5) is 0 Å². The Morgan fingerprint density at radius 1 is 0.432 bits per heavy atom. The zero-order valence-corrected chi connectivity index (χ0v) is 55.2. The van der Waals surface area contributed by atoms with Crippen molar-refractivity contribution < 1.29 is 32.9 Å². The number of rotatable bonds is 64. The second-order valence-corrected chi connectivity index (χ2v) is 26.3. The quantitative estimate of drug-likeness (QED) is 0.0243. The number of nitrogens with one attached hydrogen (secondary N) is 1. The predicted molar refractivity (Wildman–Crippen MR) is 355 cm³/mol. The van der Waals surface area contributed by atoms with E-state index in [0.29, 0.717) is 23.9 Å². The molecular formula is C72H136N2O6P+. The van der Waals surface area contributed by atoms with Crippen LogP contribution in [0.2, 0.25) is 0 Å². The van der Waals surface area contributed by atoms with E-state index in [9.17, 15) is 19.4 Å².